The van der Waals surface area contributed by atoms with Crippen LogP contribution in [-0.4, -0.2) is 42.2 Å². The Morgan fingerprint density at radius 3 is 2.12 bits per heavy atom. The number of hydrazone groups is 1. The summed E-state index contributed by atoms with van der Waals surface area (Å²) in [6, 6.07) is -0.925. The average molecular weight is 454 g/mol. The monoisotopic (exact) mass is 453 g/mol. The third-order valence-electron chi connectivity index (χ3n) is 6.24. The molecule has 1 aliphatic rings. The van der Waals surface area contributed by atoms with E-state index >= 15 is 0 Å². The van der Waals surface area contributed by atoms with E-state index in [0.29, 0.717) is 11.8 Å². The average Bonchev–Trinajstić information content (AvgIpc) is 2.65. The van der Waals surface area contributed by atoms with Crippen LogP contribution in [0.5, 0.6) is 0 Å². The van der Waals surface area contributed by atoms with Crippen LogP contribution in [0.1, 0.15) is 67.7 Å². The van der Waals surface area contributed by atoms with Crippen LogP contribution in [0.15, 0.2) is 5.10 Å². The number of primary amides is 1. The van der Waals surface area contributed by atoms with E-state index in [1.54, 1.807) is 13.8 Å². The van der Waals surface area contributed by atoms with Gasteiger partial charge in [-0.3, -0.25) is 14.4 Å². The van der Waals surface area contributed by atoms with E-state index in [1.165, 1.54) is 13.8 Å². The second-order valence-electron chi connectivity index (χ2n) is 9.20. The molecule has 0 aromatic heterocycles. The number of urea groups is 1. The Morgan fingerprint density at radius 2 is 1.66 bits per heavy atom. The maximum absolute atomic E-state index is 13.2. The molecule has 0 heterocycles. The molecule has 1 saturated carbocycles. The van der Waals surface area contributed by atoms with Crippen molar-refractivity contribution in [1.82, 2.24) is 5.43 Å². The smallest absolute Gasteiger partial charge is 0.332 e. The third-order valence-corrected chi connectivity index (χ3v) is 6.24. The highest BCUT2D eigenvalue weighted by atomic mass is 16.5. The summed E-state index contributed by atoms with van der Waals surface area (Å²) in [6.45, 7) is 12.4. The van der Waals surface area contributed by atoms with Crippen molar-refractivity contribution >= 4 is 29.5 Å². The molecule has 9 heteroatoms. The summed E-state index contributed by atoms with van der Waals surface area (Å²) in [5.41, 5.74) is 7.13. The van der Waals surface area contributed by atoms with Crippen LogP contribution in [0, 0.1) is 35.5 Å². The summed E-state index contributed by atoms with van der Waals surface area (Å²) < 4.78 is 11.4. The molecule has 3 N–H and O–H groups in total. The Morgan fingerprint density at radius 1 is 1.06 bits per heavy atom. The van der Waals surface area contributed by atoms with E-state index in [1.807, 2.05) is 0 Å². The minimum Gasteiger partial charge on any atom is -0.479 e. The molecular weight excluding hydrogens is 414 g/mol. The van der Waals surface area contributed by atoms with Crippen molar-refractivity contribution in [3.05, 3.63) is 0 Å². The summed E-state index contributed by atoms with van der Waals surface area (Å²) in [5, 5.41) is 3.80. The first-order chi connectivity index (χ1) is 14.9. The van der Waals surface area contributed by atoms with Crippen LogP contribution in [0.3, 0.4) is 0 Å². The van der Waals surface area contributed by atoms with Gasteiger partial charge in [0.2, 0.25) is 5.90 Å². The topological polar surface area (TPSA) is 137 Å². The molecule has 0 aromatic carbocycles. The van der Waals surface area contributed by atoms with Gasteiger partial charge in [-0.25, -0.2) is 10.2 Å². The van der Waals surface area contributed by atoms with Crippen molar-refractivity contribution in [2.24, 2.45) is 46.3 Å². The molecule has 0 spiro atoms. The lowest BCUT2D eigenvalue weighted by Gasteiger charge is -2.38. The fourth-order valence-corrected chi connectivity index (χ4v) is 4.63. The Bertz CT molecular complexity index is 721. The number of Topliss-reactive ketones (excluding diaryl/α,β-unsaturated/α-hetero) is 2. The van der Waals surface area contributed by atoms with Crippen LogP contribution in [-0.2, 0) is 23.9 Å². The molecule has 182 valence electrons. The molecule has 0 aliphatic heterocycles. The van der Waals surface area contributed by atoms with E-state index in [2.05, 4.69) is 31.3 Å². The third kappa shape index (κ3) is 7.60. The van der Waals surface area contributed by atoms with Gasteiger partial charge in [-0.1, -0.05) is 34.1 Å². The summed E-state index contributed by atoms with van der Waals surface area (Å²) in [5.74, 6) is -3.51. The highest BCUT2D eigenvalue weighted by Gasteiger charge is 2.43. The predicted molar refractivity (Wildman–Crippen MR) is 121 cm³/mol. The van der Waals surface area contributed by atoms with E-state index in [0.717, 1.165) is 19.3 Å². The number of esters is 1. The molecule has 0 bridgehead atoms. The molecule has 1 rings (SSSR count). The fourth-order valence-electron chi connectivity index (χ4n) is 4.63. The van der Waals surface area contributed by atoms with E-state index in [9.17, 15) is 19.2 Å². The van der Waals surface area contributed by atoms with Gasteiger partial charge in [0.25, 0.3) is 0 Å². The standard InChI is InChI=1S/C23H39N3O6/c1-8-31-21(25-26-23(24)30)19(15(6)27)14(5)20(16(7)28)22(29)32-18-11-13(4)9-10-17(18)12(2)3/h12-14,17-20H,8-11H2,1-7H3,(H3,24,26,30)/t13-,14-,17-,18-,19+,20+/m1/s1. The van der Waals surface area contributed by atoms with E-state index in [-0.39, 0.29) is 30.3 Å². The molecule has 9 nitrogen and oxygen atoms in total. The van der Waals surface area contributed by atoms with Gasteiger partial charge in [0.1, 0.15) is 23.6 Å². The largest absolute Gasteiger partial charge is 0.479 e. The quantitative estimate of drug-likeness (QED) is 0.171. The summed E-state index contributed by atoms with van der Waals surface area (Å²) in [7, 11) is 0. The molecule has 32 heavy (non-hydrogen) atoms. The second kappa shape index (κ2) is 12.6. The first-order valence-corrected chi connectivity index (χ1v) is 11.4. The van der Waals surface area contributed by atoms with Crippen molar-refractivity contribution in [2.45, 2.75) is 73.8 Å². The maximum Gasteiger partial charge on any atom is 0.332 e. The number of nitrogens with zero attached hydrogens (tertiary/aromatic N) is 1. The highest BCUT2D eigenvalue weighted by molar-refractivity contribution is 6.04. The van der Waals surface area contributed by atoms with Gasteiger partial charge in [-0.2, -0.15) is 0 Å². The molecule has 0 saturated heterocycles. The number of rotatable bonds is 10. The number of hydrogen-bond donors (Lipinski definition) is 2. The van der Waals surface area contributed by atoms with Crippen molar-refractivity contribution in [2.75, 3.05) is 6.61 Å². The minimum atomic E-state index is -1.17. The molecule has 1 aliphatic carbocycles. The van der Waals surface area contributed by atoms with Gasteiger partial charge >= 0.3 is 12.0 Å². The first-order valence-electron chi connectivity index (χ1n) is 11.4. The van der Waals surface area contributed by atoms with Gasteiger partial charge in [-0.15, -0.1) is 5.10 Å². The number of ether oxygens (including phenoxy) is 2. The van der Waals surface area contributed by atoms with Crippen LogP contribution >= 0.6 is 0 Å². The lowest BCUT2D eigenvalue weighted by molar-refractivity contribution is -0.165. The maximum atomic E-state index is 13.2. The summed E-state index contributed by atoms with van der Waals surface area (Å²) in [4.78, 5) is 49.3. The van der Waals surface area contributed by atoms with E-state index in [4.69, 9.17) is 15.2 Å². The van der Waals surface area contributed by atoms with Crippen LogP contribution in [0.4, 0.5) is 4.79 Å². The van der Waals surface area contributed by atoms with Crippen LogP contribution in [0.25, 0.3) is 0 Å². The predicted octanol–water partition coefficient (Wildman–Crippen LogP) is 3.06. The molecule has 6 atom stereocenters. The zero-order valence-electron chi connectivity index (χ0n) is 20.3. The number of nitrogens with two attached hydrogens (primary N) is 1. The Labute approximate surface area is 190 Å². The summed E-state index contributed by atoms with van der Waals surface area (Å²) >= 11 is 0. The molecule has 0 aromatic rings. The molecule has 1 fully saturated rings. The van der Waals surface area contributed by atoms with Gasteiger partial charge in [0.05, 0.1) is 12.5 Å². The number of hydrogen-bond acceptors (Lipinski definition) is 7. The number of amides is 2. The van der Waals surface area contributed by atoms with Crippen molar-refractivity contribution in [1.29, 1.82) is 0 Å². The SMILES string of the molecule is CCOC(=NNC(N)=O)[C@H](C(C)=O)[C@@H](C)[C@@H](C(C)=O)C(=O)O[C@@H]1C[C@H](C)CC[C@@H]1C(C)C. The fraction of sp³-hybridized carbons (Fsp3) is 0.783. The normalized spacial score (nSPS) is 24.2. The first kappa shape index (κ1) is 27.6. The molecule has 0 radical (unpaired) electrons. The van der Waals surface area contributed by atoms with Gasteiger partial charge in [-0.05, 0) is 57.3 Å². The summed E-state index contributed by atoms with van der Waals surface area (Å²) in [6.07, 6.45) is 2.52. The van der Waals surface area contributed by atoms with Gasteiger partial charge < -0.3 is 15.2 Å². The Balaban J connectivity index is 3.21. The number of carbonyl (C=O) groups is 4. The highest BCUT2D eigenvalue weighted by Crippen LogP contribution is 2.36. The minimum absolute atomic E-state index is 0.100. The van der Waals surface area contributed by atoms with Crippen LogP contribution in [0.2, 0.25) is 0 Å². The second-order valence-corrected chi connectivity index (χ2v) is 9.20. The molecule has 2 amide bonds. The van der Waals surface area contributed by atoms with Gasteiger partial charge in [0, 0.05) is 0 Å². The zero-order valence-corrected chi connectivity index (χ0v) is 20.3. The lowest BCUT2D eigenvalue weighted by atomic mass is 9.75. The molecule has 0 unspecified atom stereocenters. The van der Waals surface area contributed by atoms with Gasteiger partial charge in [0.15, 0.2) is 0 Å². The number of carbonyl (C=O) groups excluding carboxylic acids is 4. The molecular formula is C23H39N3O6. The Kier molecular flexibility index (Phi) is 10.8. The van der Waals surface area contributed by atoms with E-state index < -0.39 is 35.5 Å². The van der Waals surface area contributed by atoms with Crippen molar-refractivity contribution in [3.8, 4) is 0 Å². The van der Waals surface area contributed by atoms with Crippen molar-refractivity contribution in [3.63, 3.8) is 0 Å². The Hall–Kier alpha value is -2.45. The number of nitrogens with one attached hydrogen (secondary N) is 1. The van der Waals surface area contributed by atoms with Crippen molar-refractivity contribution < 1.29 is 28.7 Å². The zero-order chi connectivity index (χ0) is 24.6. The van der Waals surface area contributed by atoms with Crippen LogP contribution < -0.4 is 11.2 Å². The number of ketones is 2. The lowest BCUT2D eigenvalue weighted by Crippen LogP contribution is -2.44.